The normalized spacial score (nSPS) is 13.6. The monoisotopic (exact) mass is 371 g/mol. The Kier molecular flexibility index (Phi) is 8.51. The van der Waals surface area contributed by atoms with Crippen LogP contribution in [0.4, 0.5) is 5.69 Å². The zero-order valence-corrected chi connectivity index (χ0v) is 15.7. The van der Waals surface area contributed by atoms with E-state index in [1.807, 2.05) is 4.90 Å². The van der Waals surface area contributed by atoms with Crippen LogP contribution in [0.5, 0.6) is 11.5 Å². The van der Waals surface area contributed by atoms with Gasteiger partial charge in [0.2, 0.25) is 5.91 Å². The highest BCUT2D eigenvalue weighted by Gasteiger charge is 2.24. The van der Waals surface area contributed by atoms with Gasteiger partial charge in [-0.3, -0.25) is 9.59 Å². The Hall–Kier alpha value is -1.99. The van der Waals surface area contributed by atoms with Crippen LogP contribution in [0.25, 0.3) is 0 Å². The van der Waals surface area contributed by atoms with Crippen LogP contribution in [0.3, 0.4) is 0 Å². The molecule has 0 atom stereocenters. The number of carbonyl (C=O) groups is 2. The molecule has 0 unspecified atom stereocenters. The molecule has 0 saturated carbocycles. The van der Waals surface area contributed by atoms with Crippen LogP contribution in [-0.4, -0.2) is 57.6 Å². The minimum atomic E-state index is -0.225. The molecule has 1 fully saturated rings. The third-order valence-electron chi connectivity index (χ3n) is 4.01. The standard InChI is InChI=1S/C17H25N3O4.ClH/c1-18-11-16(21)19-13-10-15(24-3)14(23-2)9-12(13)17(22)20-7-5-4-6-8-20;/h9-10,18H,4-8,11H2,1-3H3,(H,19,21);1H. The van der Waals surface area contributed by atoms with E-state index < -0.39 is 0 Å². The summed E-state index contributed by atoms with van der Waals surface area (Å²) in [5, 5.41) is 5.56. The first-order valence-corrected chi connectivity index (χ1v) is 8.10. The maximum absolute atomic E-state index is 12.9. The molecule has 2 rings (SSSR count). The number of likely N-dealkylation sites (tertiary alicyclic amines) is 1. The smallest absolute Gasteiger partial charge is 0.256 e. The largest absolute Gasteiger partial charge is 0.493 e. The lowest BCUT2D eigenvalue weighted by molar-refractivity contribution is -0.115. The van der Waals surface area contributed by atoms with E-state index >= 15 is 0 Å². The van der Waals surface area contributed by atoms with Crippen LogP contribution in [0, 0.1) is 0 Å². The van der Waals surface area contributed by atoms with Crippen molar-refractivity contribution in [1.29, 1.82) is 0 Å². The molecular formula is C17H26ClN3O4. The number of methoxy groups -OCH3 is 2. The predicted octanol–water partition coefficient (Wildman–Crippen LogP) is 1.91. The van der Waals surface area contributed by atoms with Crippen LogP contribution >= 0.6 is 12.4 Å². The zero-order valence-electron chi connectivity index (χ0n) is 14.9. The van der Waals surface area contributed by atoms with Gasteiger partial charge < -0.3 is 25.0 Å². The van der Waals surface area contributed by atoms with E-state index in [-0.39, 0.29) is 30.8 Å². The Balaban J connectivity index is 0.00000312. The average Bonchev–Trinajstić information content (AvgIpc) is 2.61. The Morgan fingerprint density at radius 2 is 1.68 bits per heavy atom. The predicted molar refractivity (Wildman–Crippen MR) is 99.1 cm³/mol. The van der Waals surface area contributed by atoms with Crippen molar-refractivity contribution in [2.24, 2.45) is 0 Å². The zero-order chi connectivity index (χ0) is 17.5. The lowest BCUT2D eigenvalue weighted by atomic mass is 10.1. The molecule has 0 aromatic heterocycles. The number of amides is 2. The van der Waals surface area contributed by atoms with Gasteiger partial charge in [0, 0.05) is 19.2 Å². The second-order valence-corrected chi connectivity index (χ2v) is 5.68. The van der Waals surface area contributed by atoms with Crippen molar-refractivity contribution >= 4 is 29.9 Å². The van der Waals surface area contributed by atoms with Gasteiger partial charge in [0.05, 0.1) is 32.0 Å². The second kappa shape index (κ2) is 10.1. The van der Waals surface area contributed by atoms with Gasteiger partial charge in [-0.15, -0.1) is 12.4 Å². The van der Waals surface area contributed by atoms with Gasteiger partial charge >= 0.3 is 0 Å². The van der Waals surface area contributed by atoms with E-state index in [1.165, 1.54) is 14.2 Å². The summed E-state index contributed by atoms with van der Waals surface area (Å²) in [6, 6.07) is 3.26. The summed E-state index contributed by atoms with van der Waals surface area (Å²) in [7, 11) is 4.73. The van der Waals surface area contributed by atoms with Crippen molar-refractivity contribution in [3.63, 3.8) is 0 Å². The molecule has 1 aliphatic rings. The molecule has 2 N–H and O–H groups in total. The highest BCUT2D eigenvalue weighted by atomic mass is 35.5. The van der Waals surface area contributed by atoms with Crippen LogP contribution in [0.15, 0.2) is 12.1 Å². The Labute approximate surface area is 154 Å². The Morgan fingerprint density at radius 1 is 1.08 bits per heavy atom. The van der Waals surface area contributed by atoms with Gasteiger partial charge in [-0.1, -0.05) is 0 Å². The molecule has 0 radical (unpaired) electrons. The Morgan fingerprint density at radius 3 is 2.24 bits per heavy atom. The average molecular weight is 372 g/mol. The maximum Gasteiger partial charge on any atom is 0.256 e. The van der Waals surface area contributed by atoms with Gasteiger partial charge in [-0.25, -0.2) is 0 Å². The highest BCUT2D eigenvalue weighted by Crippen LogP contribution is 2.34. The van der Waals surface area contributed by atoms with Crippen molar-refractivity contribution in [3.8, 4) is 11.5 Å². The number of hydrogen-bond acceptors (Lipinski definition) is 5. The van der Waals surface area contributed by atoms with Crippen molar-refractivity contribution in [2.45, 2.75) is 19.3 Å². The number of anilines is 1. The minimum Gasteiger partial charge on any atom is -0.493 e. The highest BCUT2D eigenvalue weighted by molar-refractivity contribution is 6.05. The molecule has 2 amide bonds. The number of likely N-dealkylation sites (N-methyl/N-ethyl adjacent to an activating group) is 1. The number of halogens is 1. The lowest BCUT2D eigenvalue weighted by Crippen LogP contribution is -2.36. The molecule has 0 aliphatic carbocycles. The number of piperidine rings is 1. The van der Waals surface area contributed by atoms with E-state index in [4.69, 9.17) is 9.47 Å². The third kappa shape index (κ3) is 5.24. The number of carbonyl (C=O) groups excluding carboxylic acids is 2. The molecule has 1 aliphatic heterocycles. The molecule has 8 heteroatoms. The summed E-state index contributed by atoms with van der Waals surface area (Å²) in [6.45, 7) is 1.62. The summed E-state index contributed by atoms with van der Waals surface area (Å²) in [5.41, 5.74) is 0.850. The summed E-state index contributed by atoms with van der Waals surface area (Å²) in [5.74, 6) is 0.602. The maximum atomic E-state index is 12.9. The van der Waals surface area contributed by atoms with Gasteiger partial charge in [0.25, 0.3) is 5.91 Å². The molecule has 1 aromatic carbocycles. The molecule has 1 aromatic rings. The number of hydrogen-bond donors (Lipinski definition) is 2. The van der Waals surface area contributed by atoms with Gasteiger partial charge in [0.1, 0.15) is 0 Å². The first-order valence-electron chi connectivity index (χ1n) is 8.10. The fourth-order valence-electron chi connectivity index (χ4n) is 2.78. The van der Waals surface area contributed by atoms with E-state index in [0.717, 1.165) is 32.4 Å². The first-order chi connectivity index (χ1) is 11.6. The SMILES string of the molecule is CNCC(=O)Nc1cc(OC)c(OC)cc1C(=O)N1CCCCC1.Cl. The molecule has 7 nitrogen and oxygen atoms in total. The Bertz CT molecular complexity index is 604. The molecule has 1 heterocycles. The quantitative estimate of drug-likeness (QED) is 0.798. The van der Waals surface area contributed by atoms with Crippen LogP contribution in [0.1, 0.15) is 29.6 Å². The van der Waals surface area contributed by atoms with Gasteiger partial charge in [-0.2, -0.15) is 0 Å². The fourth-order valence-corrected chi connectivity index (χ4v) is 2.78. The summed E-state index contributed by atoms with van der Waals surface area (Å²) >= 11 is 0. The van der Waals surface area contributed by atoms with Crippen molar-refractivity contribution in [2.75, 3.05) is 46.2 Å². The molecule has 1 saturated heterocycles. The second-order valence-electron chi connectivity index (χ2n) is 5.68. The van der Waals surface area contributed by atoms with E-state index in [0.29, 0.717) is 22.7 Å². The minimum absolute atomic E-state index is 0. The van der Waals surface area contributed by atoms with Crippen LogP contribution in [0.2, 0.25) is 0 Å². The van der Waals surface area contributed by atoms with Crippen LogP contribution < -0.4 is 20.1 Å². The van der Waals surface area contributed by atoms with Crippen molar-refractivity contribution in [3.05, 3.63) is 17.7 Å². The molecule has 25 heavy (non-hydrogen) atoms. The summed E-state index contributed by atoms with van der Waals surface area (Å²) in [4.78, 5) is 26.7. The fraction of sp³-hybridized carbons (Fsp3) is 0.529. The van der Waals surface area contributed by atoms with Gasteiger partial charge in [0.15, 0.2) is 11.5 Å². The molecular weight excluding hydrogens is 346 g/mol. The first kappa shape index (κ1) is 21.1. The number of benzene rings is 1. The summed E-state index contributed by atoms with van der Waals surface area (Å²) in [6.07, 6.45) is 3.14. The number of nitrogens with one attached hydrogen (secondary N) is 2. The van der Waals surface area contributed by atoms with Crippen LogP contribution in [-0.2, 0) is 4.79 Å². The lowest BCUT2D eigenvalue weighted by Gasteiger charge is -2.28. The number of rotatable bonds is 6. The number of nitrogens with zero attached hydrogens (tertiary/aromatic N) is 1. The number of ether oxygens (including phenoxy) is 2. The van der Waals surface area contributed by atoms with E-state index in [2.05, 4.69) is 10.6 Å². The van der Waals surface area contributed by atoms with Crippen molar-refractivity contribution in [1.82, 2.24) is 10.2 Å². The molecule has 140 valence electrons. The molecule has 0 bridgehead atoms. The van der Waals surface area contributed by atoms with Crippen molar-refractivity contribution < 1.29 is 19.1 Å². The van der Waals surface area contributed by atoms with Gasteiger partial charge in [-0.05, 0) is 32.4 Å². The van der Waals surface area contributed by atoms with E-state index in [9.17, 15) is 9.59 Å². The topological polar surface area (TPSA) is 79.9 Å². The third-order valence-corrected chi connectivity index (χ3v) is 4.01. The van der Waals surface area contributed by atoms with E-state index in [1.54, 1.807) is 19.2 Å². The summed E-state index contributed by atoms with van der Waals surface area (Å²) < 4.78 is 10.6. The molecule has 0 spiro atoms.